The maximum atomic E-state index is 11.8. The molecule has 0 unspecified atom stereocenters. The minimum absolute atomic E-state index is 0.129. The summed E-state index contributed by atoms with van der Waals surface area (Å²) in [5.74, 6) is -0.691. The van der Waals surface area contributed by atoms with Crippen LogP contribution >= 0.6 is 11.6 Å². The number of rotatable bonds is 4. The lowest BCUT2D eigenvalue weighted by atomic mass is 10.2. The van der Waals surface area contributed by atoms with Gasteiger partial charge < -0.3 is 15.1 Å². The summed E-state index contributed by atoms with van der Waals surface area (Å²) in [7, 11) is 0. The van der Waals surface area contributed by atoms with Gasteiger partial charge in [-0.25, -0.2) is 0 Å². The van der Waals surface area contributed by atoms with Crippen LogP contribution in [0.2, 0.25) is 5.02 Å². The van der Waals surface area contributed by atoms with Crippen molar-refractivity contribution in [2.24, 2.45) is 0 Å². The largest absolute Gasteiger partial charge is 0.472 e. The van der Waals surface area contributed by atoms with Crippen molar-refractivity contribution in [2.75, 3.05) is 11.9 Å². The zero-order valence-corrected chi connectivity index (χ0v) is 11.5. The van der Waals surface area contributed by atoms with E-state index < -0.39 is 0 Å². The molecule has 0 atom stereocenters. The van der Waals surface area contributed by atoms with Gasteiger partial charge in [0.15, 0.2) is 0 Å². The summed E-state index contributed by atoms with van der Waals surface area (Å²) < 4.78 is 4.79. The molecular formula is C14H13ClN2O3. The van der Waals surface area contributed by atoms with Gasteiger partial charge in [0.1, 0.15) is 6.26 Å². The Balaban J connectivity index is 1.90. The number of carbonyl (C=O) groups excluding carboxylic acids is 2. The molecule has 104 valence electrons. The molecule has 2 aromatic rings. The Morgan fingerprint density at radius 2 is 2.10 bits per heavy atom. The van der Waals surface area contributed by atoms with Crippen molar-refractivity contribution >= 4 is 29.1 Å². The molecular weight excluding hydrogens is 280 g/mol. The number of hydrogen-bond donors (Lipinski definition) is 2. The fraction of sp³-hybridized carbons (Fsp3) is 0.143. The first-order chi connectivity index (χ1) is 9.58. The van der Waals surface area contributed by atoms with Gasteiger partial charge in [-0.2, -0.15) is 0 Å². The molecule has 5 nitrogen and oxygen atoms in total. The van der Waals surface area contributed by atoms with Crippen molar-refractivity contribution in [1.29, 1.82) is 0 Å². The number of amides is 2. The second kappa shape index (κ2) is 6.25. The van der Waals surface area contributed by atoms with Gasteiger partial charge in [-0.1, -0.05) is 17.7 Å². The molecule has 1 aromatic carbocycles. The Labute approximate surface area is 120 Å². The average Bonchev–Trinajstić information content (AvgIpc) is 2.95. The van der Waals surface area contributed by atoms with E-state index in [1.54, 1.807) is 18.2 Å². The second-order valence-electron chi connectivity index (χ2n) is 4.16. The van der Waals surface area contributed by atoms with Gasteiger partial charge in [0.2, 0.25) is 5.91 Å². The maximum absolute atomic E-state index is 11.8. The molecule has 6 heteroatoms. The van der Waals surface area contributed by atoms with Crippen molar-refractivity contribution in [3.63, 3.8) is 0 Å². The van der Waals surface area contributed by atoms with Crippen LogP contribution < -0.4 is 10.6 Å². The Morgan fingerprint density at radius 1 is 1.30 bits per heavy atom. The van der Waals surface area contributed by atoms with E-state index in [1.165, 1.54) is 18.6 Å². The SMILES string of the molecule is Cc1c(Cl)cccc1NC(=O)CNC(=O)c1ccoc1. The van der Waals surface area contributed by atoms with E-state index in [-0.39, 0.29) is 18.4 Å². The summed E-state index contributed by atoms with van der Waals surface area (Å²) in [5, 5.41) is 5.76. The fourth-order valence-electron chi connectivity index (χ4n) is 1.59. The van der Waals surface area contributed by atoms with Gasteiger partial charge >= 0.3 is 0 Å². The molecule has 0 saturated carbocycles. The Bertz CT molecular complexity index is 623. The molecule has 0 fully saturated rings. The van der Waals surface area contributed by atoms with Gasteiger partial charge in [0, 0.05) is 10.7 Å². The monoisotopic (exact) mass is 292 g/mol. The van der Waals surface area contributed by atoms with E-state index in [0.717, 1.165) is 5.56 Å². The second-order valence-corrected chi connectivity index (χ2v) is 4.56. The number of halogens is 1. The standard InChI is InChI=1S/C14H13ClN2O3/c1-9-11(15)3-2-4-12(9)17-13(18)7-16-14(19)10-5-6-20-8-10/h2-6,8H,7H2,1H3,(H,16,19)(H,17,18). The van der Waals surface area contributed by atoms with E-state index in [2.05, 4.69) is 10.6 Å². The van der Waals surface area contributed by atoms with Gasteiger partial charge in [-0.15, -0.1) is 0 Å². The average molecular weight is 293 g/mol. The van der Waals surface area contributed by atoms with Crippen molar-refractivity contribution in [2.45, 2.75) is 6.92 Å². The van der Waals surface area contributed by atoms with Gasteiger partial charge in [0.25, 0.3) is 5.91 Å². The van der Waals surface area contributed by atoms with E-state index in [1.807, 2.05) is 6.92 Å². The molecule has 2 rings (SSSR count). The topological polar surface area (TPSA) is 71.3 Å². The van der Waals surface area contributed by atoms with Crippen LogP contribution in [-0.4, -0.2) is 18.4 Å². The van der Waals surface area contributed by atoms with Crippen molar-refractivity contribution in [1.82, 2.24) is 5.32 Å². The Morgan fingerprint density at radius 3 is 2.80 bits per heavy atom. The Hall–Kier alpha value is -2.27. The third-order valence-electron chi connectivity index (χ3n) is 2.73. The lowest BCUT2D eigenvalue weighted by Crippen LogP contribution is -2.32. The molecule has 20 heavy (non-hydrogen) atoms. The van der Waals surface area contributed by atoms with Crippen molar-refractivity contribution in [3.8, 4) is 0 Å². The third-order valence-corrected chi connectivity index (χ3v) is 3.14. The van der Waals surface area contributed by atoms with Gasteiger partial charge in [-0.05, 0) is 30.7 Å². The van der Waals surface area contributed by atoms with Crippen LogP contribution in [0.25, 0.3) is 0 Å². The minimum Gasteiger partial charge on any atom is -0.472 e. The lowest BCUT2D eigenvalue weighted by molar-refractivity contribution is -0.115. The predicted octanol–water partition coefficient (Wildman–Crippen LogP) is 2.61. The third kappa shape index (κ3) is 3.39. The number of benzene rings is 1. The normalized spacial score (nSPS) is 10.1. The zero-order valence-electron chi connectivity index (χ0n) is 10.8. The zero-order chi connectivity index (χ0) is 14.5. The van der Waals surface area contributed by atoms with Crippen LogP contribution in [0.4, 0.5) is 5.69 Å². The fourth-order valence-corrected chi connectivity index (χ4v) is 1.77. The highest BCUT2D eigenvalue weighted by molar-refractivity contribution is 6.31. The van der Waals surface area contributed by atoms with Crippen LogP contribution in [0.1, 0.15) is 15.9 Å². The Kier molecular flexibility index (Phi) is 4.42. The van der Waals surface area contributed by atoms with Gasteiger partial charge in [-0.3, -0.25) is 9.59 Å². The van der Waals surface area contributed by atoms with Crippen molar-refractivity contribution in [3.05, 3.63) is 52.9 Å². The summed E-state index contributed by atoms with van der Waals surface area (Å²) >= 11 is 5.96. The number of hydrogen-bond acceptors (Lipinski definition) is 3. The molecule has 0 aliphatic carbocycles. The molecule has 0 radical (unpaired) electrons. The number of nitrogens with one attached hydrogen (secondary N) is 2. The van der Waals surface area contributed by atoms with Gasteiger partial charge in [0.05, 0.1) is 18.4 Å². The van der Waals surface area contributed by atoms with Crippen LogP contribution in [0, 0.1) is 6.92 Å². The number of carbonyl (C=O) groups is 2. The first-order valence-electron chi connectivity index (χ1n) is 5.93. The maximum Gasteiger partial charge on any atom is 0.254 e. The molecule has 2 N–H and O–H groups in total. The lowest BCUT2D eigenvalue weighted by Gasteiger charge is -2.09. The van der Waals surface area contributed by atoms with E-state index in [4.69, 9.17) is 16.0 Å². The molecule has 0 spiro atoms. The quantitative estimate of drug-likeness (QED) is 0.910. The predicted molar refractivity (Wildman–Crippen MR) is 75.9 cm³/mol. The number of furan rings is 1. The summed E-state index contributed by atoms with van der Waals surface area (Å²) in [6.07, 6.45) is 2.71. The minimum atomic E-state index is -0.364. The summed E-state index contributed by atoms with van der Waals surface area (Å²) in [6, 6.07) is 6.76. The van der Waals surface area contributed by atoms with Crippen LogP contribution in [0.3, 0.4) is 0 Å². The van der Waals surface area contributed by atoms with Crippen LogP contribution in [0.5, 0.6) is 0 Å². The van der Waals surface area contributed by atoms with Crippen LogP contribution in [-0.2, 0) is 4.79 Å². The first-order valence-corrected chi connectivity index (χ1v) is 6.31. The molecule has 0 aliphatic heterocycles. The highest BCUT2D eigenvalue weighted by Gasteiger charge is 2.10. The van der Waals surface area contributed by atoms with Crippen LogP contribution in [0.15, 0.2) is 41.2 Å². The molecule has 1 heterocycles. The summed E-state index contributed by atoms with van der Waals surface area (Å²) in [5.41, 5.74) is 1.78. The molecule has 0 bridgehead atoms. The highest BCUT2D eigenvalue weighted by atomic mass is 35.5. The molecule has 0 saturated heterocycles. The highest BCUT2D eigenvalue weighted by Crippen LogP contribution is 2.22. The summed E-state index contributed by atoms with van der Waals surface area (Å²) in [4.78, 5) is 23.4. The molecule has 0 aliphatic rings. The smallest absolute Gasteiger partial charge is 0.254 e. The van der Waals surface area contributed by atoms with E-state index in [0.29, 0.717) is 16.3 Å². The van der Waals surface area contributed by atoms with E-state index >= 15 is 0 Å². The van der Waals surface area contributed by atoms with E-state index in [9.17, 15) is 9.59 Å². The number of anilines is 1. The van der Waals surface area contributed by atoms with Crippen molar-refractivity contribution < 1.29 is 14.0 Å². The molecule has 2 amide bonds. The first kappa shape index (κ1) is 14.1. The summed E-state index contributed by atoms with van der Waals surface area (Å²) in [6.45, 7) is 1.68. The molecule has 1 aromatic heterocycles.